The summed E-state index contributed by atoms with van der Waals surface area (Å²) in [5.41, 5.74) is 0. The summed E-state index contributed by atoms with van der Waals surface area (Å²) in [6, 6.07) is 1.84. The van der Waals surface area contributed by atoms with Gasteiger partial charge in [-0.3, -0.25) is 0 Å². The van der Waals surface area contributed by atoms with E-state index in [0.29, 0.717) is 0 Å². The van der Waals surface area contributed by atoms with Crippen molar-refractivity contribution in [2.45, 2.75) is 19.8 Å². The van der Waals surface area contributed by atoms with E-state index < -0.39 is 0 Å². The Hall–Kier alpha value is -1.16. The van der Waals surface area contributed by atoms with Crippen LogP contribution in [0.25, 0.3) is 0 Å². The highest BCUT2D eigenvalue weighted by Crippen LogP contribution is 1.96. The number of unbranched alkanes of at least 4 members (excludes halogenated alkanes) is 1. The van der Waals surface area contributed by atoms with Crippen molar-refractivity contribution in [3.63, 3.8) is 0 Å². The molecule has 0 fully saturated rings. The van der Waals surface area contributed by atoms with Crippen molar-refractivity contribution in [2.75, 3.05) is 25.1 Å². The standard InChI is InChI=1S/C10H17N3O/c1-2-3-7-14-8-6-12-10-4-5-11-9-13-10/h4-5,9H,2-3,6-8H2,1H3,(H,11,12,13). The normalized spacial score (nSPS) is 10.1. The third kappa shape index (κ3) is 4.77. The van der Waals surface area contributed by atoms with Crippen molar-refractivity contribution < 1.29 is 4.74 Å². The maximum absolute atomic E-state index is 5.39. The highest BCUT2D eigenvalue weighted by Gasteiger charge is 1.91. The number of nitrogens with one attached hydrogen (secondary N) is 1. The Bertz CT molecular complexity index is 228. The van der Waals surface area contributed by atoms with Crippen LogP contribution in [0.2, 0.25) is 0 Å². The minimum Gasteiger partial charge on any atom is -0.380 e. The predicted molar refractivity (Wildman–Crippen MR) is 56.2 cm³/mol. The zero-order chi connectivity index (χ0) is 10.1. The predicted octanol–water partition coefficient (Wildman–Crippen LogP) is 1.71. The molecule has 0 bridgehead atoms. The van der Waals surface area contributed by atoms with Gasteiger partial charge < -0.3 is 10.1 Å². The second kappa shape index (κ2) is 7.26. The van der Waals surface area contributed by atoms with E-state index in [-0.39, 0.29) is 0 Å². The van der Waals surface area contributed by atoms with E-state index in [2.05, 4.69) is 22.2 Å². The minimum atomic E-state index is 0.726. The zero-order valence-corrected chi connectivity index (χ0v) is 8.57. The Labute approximate surface area is 84.7 Å². The molecule has 4 heteroatoms. The molecule has 4 nitrogen and oxygen atoms in total. The van der Waals surface area contributed by atoms with E-state index in [1.807, 2.05) is 6.07 Å². The van der Waals surface area contributed by atoms with Crippen LogP contribution in [-0.2, 0) is 4.74 Å². The van der Waals surface area contributed by atoms with Crippen molar-refractivity contribution in [3.05, 3.63) is 18.6 Å². The Morgan fingerprint density at radius 1 is 1.43 bits per heavy atom. The smallest absolute Gasteiger partial charge is 0.129 e. The largest absolute Gasteiger partial charge is 0.380 e. The SMILES string of the molecule is CCCCOCCNc1ccncn1. The molecule has 1 N–H and O–H groups in total. The summed E-state index contributed by atoms with van der Waals surface area (Å²) in [4.78, 5) is 7.87. The van der Waals surface area contributed by atoms with Crippen molar-refractivity contribution in [2.24, 2.45) is 0 Å². The van der Waals surface area contributed by atoms with Crippen molar-refractivity contribution in [1.29, 1.82) is 0 Å². The molecule has 0 aliphatic carbocycles. The van der Waals surface area contributed by atoms with Gasteiger partial charge in [-0.25, -0.2) is 9.97 Å². The molecule has 0 aromatic carbocycles. The summed E-state index contributed by atoms with van der Waals surface area (Å²) in [5, 5.41) is 3.15. The number of ether oxygens (including phenoxy) is 1. The highest BCUT2D eigenvalue weighted by molar-refractivity contribution is 5.31. The Morgan fingerprint density at radius 2 is 2.36 bits per heavy atom. The maximum atomic E-state index is 5.39. The van der Waals surface area contributed by atoms with E-state index in [1.54, 1.807) is 6.20 Å². The molecule has 0 saturated carbocycles. The lowest BCUT2D eigenvalue weighted by Gasteiger charge is -2.05. The van der Waals surface area contributed by atoms with Crippen LogP contribution in [0.5, 0.6) is 0 Å². The van der Waals surface area contributed by atoms with E-state index in [4.69, 9.17) is 4.74 Å². The molecule has 1 heterocycles. The molecular weight excluding hydrogens is 178 g/mol. The van der Waals surface area contributed by atoms with Gasteiger partial charge in [-0.05, 0) is 12.5 Å². The van der Waals surface area contributed by atoms with Crippen LogP contribution >= 0.6 is 0 Å². The average Bonchev–Trinajstić information content (AvgIpc) is 2.25. The monoisotopic (exact) mass is 195 g/mol. The lowest BCUT2D eigenvalue weighted by molar-refractivity contribution is 0.141. The number of aromatic nitrogens is 2. The Kier molecular flexibility index (Phi) is 5.66. The first-order valence-corrected chi connectivity index (χ1v) is 5.01. The summed E-state index contributed by atoms with van der Waals surface area (Å²) >= 11 is 0. The summed E-state index contributed by atoms with van der Waals surface area (Å²) in [7, 11) is 0. The summed E-state index contributed by atoms with van der Waals surface area (Å²) < 4.78 is 5.39. The first-order valence-electron chi connectivity index (χ1n) is 5.01. The third-order valence-electron chi connectivity index (χ3n) is 1.78. The molecular formula is C10H17N3O. The van der Waals surface area contributed by atoms with Gasteiger partial charge in [-0.15, -0.1) is 0 Å². The van der Waals surface area contributed by atoms with E-state index in [9.17, 15) is 0 Å². The third-order valence-corrected chi connectivity index (χ3v) is 1.78. The average molecular weight is 195 g/mol. The second-order valence-corrected chi connectivity index (χ2v) is 2.99. The fraction of sp³-hybridized carbons (Fsp3) is 0.600. The Balaban J connectivity index is 1.99. The molecule has 0 amide bonds. The fourth-order valence-corrected chi connectivity index (χ4v) is 0.995. The molecule has 0 saturated heterocycles. The van der Waals surface area contributed by atoms with E-state index >= 15 is 0 Å². The summed E-state index contributed by atoms with van der Waals surface area (Å²) in [6.07, 6.45) is 5.56. The molecule has 0 aliphatic heterocycles. The molecule has 14 heavy (non-hydrogen) atoms. The number of hydrogen-bond acceptors (Lipinski definition) is 4. The Morgan fingerprint density at radius 3 is 3.07 bits per heavy atom. The molecule has 0 unspecified atom stereocenters. The second-order valence-electron chi connectivity index (χ2n) is 2.99. The maximum Gasteiger partial charge on any atom is 0.129 e. The topological polar surface area (TPSA) is 47.0 Å². The van der Waals surface area contributed by atoms with Gasteiger partial charge in [0.25, 0.3) is 0 Å². The van der Waals surface area contributed by atoms with Gasteiger partial charge >= 0.3 is 0 Å². The molecule has 0 aliphatic rings. The quantitative estimate of drug-likeness (QED) is 0.673. The number of nitrogens with zero attached hydrogens (tertiary/aromatic N) is 2. The van der Waals surface area contributed by atoms with Gasteiger partial charge in [0.2, 0.25) is 0 Å². The minimum absolute atomic E-state index is 0.726. The molecule has 1 rings (SSSR count). The van der Waals surface area contributed by atoms with Crippen LogP contribution in [0.15, 0.2) is 18.6 Å². The van der Waals surface area contributed by atoms with E-state index in [0.717, 1.165) is 32.0 Å². The summed E-state index contributed by atoms with van der Waals surface area (Å²) in [6.45, 7) is 4.52. The van der Waals surface area contributed by atoms with Gasteiger partial charge in [-0.2, -0.15) is 0 Å². The summed E-state index contributed by atoms with van der Waals surface area (Å²) in [5.74, 6) is 0.846. The highest BCUT2D eigenvalue weighted by atomic mass is 16.5. The van der Waals surface area contributed by atoms with Gasteiger partial charge in [0.15, 0.2) is 0 Å². The molecule has 1 aromatic heterocycles. The van der Waals surface area contributed by atoms with E-state index in [1.165, 1.54) is 12.7 Å². The van der Waals surface area contributed by atoms with Crippen LogP contribution in [-0.4, -0.2) is 29.7 Å². The van der Waals surface area contributed by atoms with Crippen LogP contribution in [0.4, 0.5) is 5.82 Å². The van der Waals surface area contributed by atoms with Gasteiger partial charge in [0.1, 0.15) is 12.1 Å². The first kappa shape index (κ1) is 10.9. The lowest BCUT2D eigenvalue weighted by Crippen LogP contribution is -2.10. The molecule has 78 valence electrons. The first-order chi connectivity index (χ1) is 6.93. The molecule has 0 radical (unpaired) electrons. The number of rotatable bonds is 7. The van der Waals surface area contributed by atoms with Crippen LogP contribution in [0.1, 0.15) is 19.8 Å². The van der Waals surface area contributed by atoms with Crippen molar-refractivity contribution >= 4 is 5.82 Å². The van der Waals surface area contributed by atoms with Gasteiger partial charge in [0.05, 0.1) is 6.61 Å². The molecule has 1 aromatic rings. The van der Waals surface area contributed by atoms with Crippen molar-refractivity contribution in [1.82, 2.24) is 9.97 Å². The lowest BCUT2D eigenvalue weighted by atomic mass is 10.4. The van der Waals surface area contributed by atoms with Crippen LogP contribution in [0, 0.1) is 0 Å². The van der Waals surface area contributed by atoms with Gasteiger partial charge in [0, 0.05) is 19.3 Å². The number of hydrogen-bond donors (Lipinski definition) is 1. The van der Waals surface area contributed by atoms with Gasteiger partial charge in [-0.1, -0.05) is 13.3 Å². The van der Waals surface area contributed by atoms with Crippen LogP contribution < -0.4 is 5.32 Å². The number of anilines is 1. The zero-order valence-electron chi connectivity index (χ0n) is 8.57. The fourth-order valence-electron chi connectivity index (χ4n) is 0.995. The molecule has 0 spiro atoms. The van der Waals surface area contributed by atoms with Crippen molar-refractivity contribution in [3.8, 4) is 0 Å². The molecule has 0 atom stereocenters. The van der Waals surface area contributed by atoms with Crippen LogP contribution in [0.3, 0.4) is 0 Å².